The third-order valence-electron chi connectivity index (χ3n) is 4.85. The molecule has 0 unspecified atom stereocenters. The molecule has 0 spiro atoms. The van der Waals surface area contributed by atoms with E-state index >= 15 is 0 Å². The minimum Gasteiger partial charge on any atom is -0.497 e. The fourth-order valence-corrected chi connectivity index (χ4v) is 3.45. The molecule has 2 aromatic rings. The summed E-state index contributed by atoms with van der Waals surface area (Å²) in [5.74, 6) is 1.23. The van der Waals surface area contributed by atoms with Gasteiger partial charge in [-0.15, -0.1) is 0 Å². The zero-order chi connectivity index (χ0) is 20.8. The molecule has 8 nitrogen and oxygen atoms in total. The third kappa shape index (κ3) is 5.97. The number of nitrogens with one attached hydrogen (secondary N) is 2. The summed E-state index contributed by atoms with van der Waals surface area (Å²) in [4.78, 5) is 21.0. The SMILES string of the molecule is COc1cc(NC(=O)NC2CCC(Oc3nc(C)cc(C)n3)CC2)cc(OC)c1. The van der Waals surface area contributed by atoms with E-state index in [0.717, 1.165) is 37.1 Å². The molecule has 156 valence electrons. The Labute approximate surface area is 171 Å². The molecule has 1 heterocycles. The van der Waals surface area contributed by atoms with Crippen LogP contribution in [0.3, 0.4) is 0 Å². The molecular weight excluding hydrogens is 372 g/mol. The highest BCUT2D eigenvalue weighted by atomic mass is 16.5. The minimum atomic E-state index is -0.248. The van der Waals surface area contributed by atoms with Gasteiger partial charge in [-0.25, -0.2) is 14.8 Å². The van der Waals surface area contributed by atoms with Crippen LogP contribution in [0.5, 0.6) is 17.5 Å². The second-order valence-electron chi connectivity index (χ2n) is 7.22. The molecule has 0 atom stereocenters. The van der Waals surface area contributed by atoms with Crippen LogP contribution in [0.15, 0.2) is 24.3 Å². The van der Waals surface area contributed by atoms with E-state index in [1.54, 1.807) is 32.4 Å². The molecule has 29 heavy (non-hydrogen) atoms. The number of rotatable bonds is 6. The molecule has 1 aromatic carbocycles. The molecule has 2 N–H and O–H groups in total. The zero-order valence-electron chi connectivity index (χ0n) is 17.3. The number of urea groups is 1. The lowest BCUT2D eigenvalue weighted by atomic mass is 9.93. The highest BCUT2D eigenvalue weighted by Crippen LogP contribution is 2.26. The first-order valence-electron chi connectivity index (χ1n) is 9.74. The Morgan fingerprint density at radius 2 is 1.52 bits per heavy atom. The van der Waals surface area contributed by atoms with Crippen molar-refractivity contribution in [3.05, 3.63) is 35.7 Å². The van der Waals surface area contributed by atoms with Gasteiger partial charge in [-0.1, -0.05) is 0 Å². The Morgan fingerprint density at radius 3 is 2.07 bits per heavy atom. The number of aryl methyl sites for hydroxylation is 2. The summed E-state index contributed by atoms with van der Waals surface area (Å²) in [5.41, 5.74) is 2.41. The average molecular weight is 400 g/mol. The van der Waals surface area contributed by atoms with E-state index in [9.17, 15) is 4.79 Å². The van der Waals surface area contributed by atoms with E-state index in [1.165, 1.54) is 0 Å². The topological polar surface area (TPSA) is 94.6 Å². The predicted molar refractivity (Wildman–Crippen MR) is 110 cm³/mol. The van der Waals surface area contributed by atoms with Gasteiger partial charge < -0.3 is 24.8 Å². The fraction of sp³-hybridized carbons (Fsp3) is 0.476. The molecule has 1 fully saturated rings. The number of hydrogen-bond acceptors (Lipinski definition) is 6. The van der Waals surface area contributed by atoms with E-state index in [0.29, 0.717) is 23.2 Å². The maximum Gasteiger partial charge on any atom is 0.319 e. The maximum absolute atomic E-state index is 12.4. The van der Waals surface area contributed by atoms with Gasteiger partial charge in [-0.2, -0.15) is 0 Å². The van der Waals surface area contributed by atoms with Gasteiger partial charge in [0.25, 0.3) is 0 Å². The van der Waals surface area contributed by atoms with Gasteiger partial charge in [0, 0.05) is 41.3 Å². The number of methoxy groups -OCH3 is 2. The summed E-state index contributed by atoms with van der Waals surface area (Å²) in [6, 6.07) is 7.45. The number of amides is 2. The van der Waals surface area contributed by atoms with E-state index in [2.05, 4.69) is 20.6 Å². The van der Waals surface area contributed by atoms with Gasteiger partial charge in [0.1, 0.15) is 17.6 Å². The van der Waals surface area contributed by atoms with Gasteiger partial charge >= 0.3 is 12.0 Å². The Hall–Kier alpha value is -3.03. The molecule has 1 aromatic heterocycles. The van der Waals surface area contributed by atoms with E-state index in [-0.39, 0.29) is 18.2 Å². The lowest BCUT2D eigenvalue weighted by Crippen LogP contribution is -2.41. The van der Waals surface area contributed by atoms with Crippen LogP contribution in [0.1, 0.15) is 37.1 Å². The van der Waals surface area contributed by atoms with Crippen molar-refractivity contribution in [1.29, 1.82) is 0 Å². The number of aromatic nitrogens is 2. The quantitative estimate of drug-likeness (QED) is 0.769. The van der Waals surface area contributed by atoms with Crippen molar-refractivity contribution < 1.29 is 19.0 Å². The van der Waals surface area contributed by atoms with Crippen molar-refractivity contribution in [2.45, 2.75) is 51.7 Å². The summed E-state index contributed by atoms with van der Waals surface area (Å²) in [6.07, 6.45) is 3.43. The third-order valence-corrected chi connectivity index (χ3v) is 4.85. The van der Waals surface area contributed by atoms with Crippen LogP contribution >= 0.6 is 0 Å². The lowest BCUT2D eigenvalue weighted by Gasteiger charge is -2.29. The number of carbonyl (C=O) groups excluding carboxylic acids is 1. The van der Waals surface area contributed by atoms with Crippen LogP contribution in [-0.2, 0) is 0 Å². The molecule has 0 aliphatic heterocycles. The first-order chi connectivity index (χ1) is 13.9. The van der Waals surface area contributed by atoms with Gasteiger partial charge in [0.05, 0.1) is 14.2 Å². The van der Waals surface area contributed by atoms with E-state index in [4.69, 9.17) is 14.2 Å². The normalized spacial score (nSPS) is 18.6. The van der Waals surface area contributed by atoms with Crippen LogP contribution in [0.2, 0.25) is 0 Å². The summed E-state index contributed by atoms with van der Waals surface area (Å²) in [6.45, 7) is 3.86. The zero-order valence-corrected chi connectivity index (χ0v) is 17.3. The predicted octanol–water partition coefficient (Wildman–Crippen LogP) is 3.62. The van der Waals surface area contributed by atoms with Crippen LogP contribution in [0, 0.1) is 13.8 Å². The van der Waals surface area contributed by atoms with Gasteiger partial charge in [-0.05, 0) is 45.6 Å². The average Bonchev–Trinajstić information content (AvgIpc) is 2.68. The fourth-order valence-electron chi connectivity index (χ4n) is 3.45. The molecule has 8 heteroatoms. The van der Waals surface area contributed by atoms with Crippen LogP contribution < -0.4 is 24.8 Å². The largest absolute Gasteiger partial charge is 0.497 e. The maximum atomic E-state index is 12.4. The van der Waals surface area contributed by atoms with Crippen molar-refractivity contribution in [3.63, 3.8) is 0 Å². The Kier molecular flexibility index (Phi) is 6.74. The molecule has 3 rings (SSSR count). The number of benzene rings is 1. The second kappa shape index (κ2) is 9.45. The first-order valence-corrected chi connectivity index (χ1v) is 9.74. The monoisotopic (exact) mass is 400 g/mol. The van der Waals surface area contributed by atoms with E-state index in [1.807, 2.05) is 19.9 Å². The molecule has 1 saturated carbocycles. The van der Waals surface area contributed by atoms with Crippen molar-refractivity contribution in [1.82, 2.24) is 15.3 Å². The number of ether oxygens (including phenoxy) is 3. The molecule has 0 bridgehead atoms. The van der Waals surface area contributed by atoms with Crippen molar-refractivity contribution in [3.8, 4) is 17.5 Å². The number of hydrogen-bond donors (Lipinski definition) is 2. The molecular formula is C21H28N4O4. The summed E-state index contributed by atoms with van der Waals surface area (Å²) in [5, 5.41) is 5.87. The standard InChI is InChI=1S/C21H28N4O4/c1-13-9-14(2)23-21(22-13)29-17-7-5-15(6-8-17)24-20(26)25-16-10-18(27-3)12-19(11-16)28-4/h9-12,15,17H,5-8H2,1-4H3,(H2,24,25,26). The molecule has 0 saturated heterocycles. The van der Waals surface area contributed by atoms with Crippen molar-refractivity contribution in [2.75, 3.05) is 19.5 Å². The lowest BCUT2D eigenvalue weighted by molar-refractivity contribution is 0.129. The molecule has 1 aliphatic carbocycles. The van der Waals surface area contributed by atoms with E-state index < -0.39 is 0 Å². The van der Waals surface area contributed by atoms with Crippen LogP contribution in [0.4, 0.5) is 10.5 Å². The summed E-state index contributed by atoms with van der Waals surface area (Å²) in [7, 11) is 3.14. The smallest absolute Gasteiger partial charge is 0.319 e. The van der Waals surface area contributed by atoms with Gasteiger partial charge in [0.2, 0.25) is 0 Å². The molecule has 0 radical (unpaired) electrons. The minimum absolute atomic E-state index is 0.0694. The number of nitrogens with zero attached hydrogens (tertiary/aromatic N) is 2. The first kappa shape index (κ1) is 20.7. The Morgan fingerprint density at radius 1 is 0.931 bits per heavy atom. The second-order valence-corrected chi connectivity index (χ2v) is 7.22. The number of anilines is 1. The summed E-state index contributed by atoms with van der Waals surface area (Å²) < 4.78 is 16.4. The summed E-state index contributed by atoms with van der Waals surface area (Å²) >= 11 is 0. The van der Waals surface area contributed by atoms with Crippen molar-refractivity contribution >= 4 is 11.7 Å². The highest BCUT2D eigenvalue weighted by Gasteiger charge is 2.24. The van der Waals surface area contributed by atoms with Gasteiger partial charge in [-0.3, -0.25) is 0 Å². The Balaban J connectivity index is 1.48. The van der Waals surface area contributed by atoms with Crippen LogP contribution in [-0.4, -0.2) is 42.4 Å². The number of carbonyl (C=O) groups is 1. The highest BCUT2D eigenvalue weighted by molar-refractivity contribution is 5.90. The van der Waals surface area contributed by atoms with Gasteiger partial charge in [0.15, 0.2) is 0 Å². The molecule has 1 aliphatic rings. The molecule has 2 amide bonds. The van der Waals surface area contributed by atoms with Crippen LogP contribution in [0.25, 0.3) is 0 Å². The Bertz CT molecular complexity index is 808. The van der Waals surface area contributed by atoms with Crippen molar-refractivity contribution in [2.24, 2.45) is 0 Å².